The zero-order chi connectivity index (χ0) is 20.7. The highest BCUT2D eigenvalue weighted by atomic mass is 16.5. The van der Waals surface area contributed by atoms with Crippen LogP contribution in [-0.2, 0) is 5.41 Å². The third kappa shape index (κ3) is 3.23. The van der Waals surface area contributed by atoms with Gasteiger partial charge in [0.1, 0.15) is 0 Å². The molecule has 156 valence electrons. The summed E-state index contributed by atoms with van der Waals surface area (Å²) in [5.74, 6) is 0.688. The number of methoxy groups -OCH3 is 1. The number of ether oxygens (including phenoxy) is 1. The summed E-state index contributed by atoms with van der Waals surface area (Å²) in [4.78, 5) is 17.3. The molecule has 1 N–H and O–H groups in total. The number of aryl methyl sites for hydroxylation is 1. The first-order chi connectivity index (χ1) is 13.1. The van der Waals surface area contributed by atoms with Gasteiger partial charge >= 0.3 is 6.03 Å². The third-order valence-electron chi connectivity index (χ3n) is 7.78. The fourth-order valence-corrected chi connectivity index (χ4v) is 5.15. The highest BCUT2D eigenvalue weighted by Crippen LogP contribution is 2.53. The molecule has 2 aliphatic rings. The second-order valence-corrected chi connectivity index (χ2v) is 9.34. The molecule has 2 saturated heterocycles. The quantitative estimate of drug-likeness (QED) is 0.799. The van der Waals surface area contributed by atoms with Gasteiger partial charge in [-0.3, -0.25) is 0 Å². The van der Waals surface area contributed by atoms with Gasteiger partial charge in [0.15, 0.2) is 11.5 Å². The van der Waals surface area contributed by atoms with E-state index in [2.05, 4.69) is 32.6 Å². The molecular formula is C23H36N2O3. The summed E-state index contributed by atoms with van der Waals surface area (Å²) in [6, 6.07) is 4.09. The number of piperidine rings is 2. The number of benzene rings is 1. The van der Waals surface area contributed by atoms with E-state index in [0.29, 0.717) is 5.75 Å². The number of aromatic hydroxyl groups is 1. The third-order valence-corrected chi connectivity index (χ3v) is 7.78. The molecule has 28 heavy (non-hydrogen) atoms. The van der Waals surface area contributed by atoms with Crippen molar-refractivity contribution in [2.45, 2.75) is 71.8 Å². The number of rotatable bonds is 2. The minimum Gasteiger partial charge on any atom is -0.504 e. The van der Waals surface area contributed by atoms with Gasteiger partial charge in [-0.05, 0) is 68.2 Å². The highest BCUT2D eigenvalue weighted by molar-refractivity contribution is 5.75. The summed E-state index contributed by atoms with van der Waals surface area (Å²) in [6.45, 7) is 13.6. The van der Waals surface area contributed by atoms with Crippen LogP contribution in [0.25, 0.3) is 0 Å². The zero-order valence-electron chi connectivity index (χ0n) is 18.3. The van der Waals surface area contributed by atoms with Crippen LogP contribution in [0.4, 0.5) is 4.79 Å². The number of likely N-dealkylation sites (tertiary alicyclic amines) is 2. The Labute approximate surface area is 169 Å². The van der Waals surface area contributed by atoms with Crippen molar-refractivity contribution in [1.82, 2.24) is 9.80 Å². The molecule has 0 radical (unpaired) electrons. The number of phenolic OH excluding ortho intramolecular Hbond substituents is 1. The summed E-state index contributed by atoms with van der Waals surface area (Å²) in [5, 5.41) is 10.2. The Balaban J connectivity index is 1.93. The second-order valence-electron chi connectivity index (χ2n) is 9.34. The number of phenols is 1. The van der Waals surface area contributed by atoms with Crippen LogP contribution in [0.15, 0.2) is 12.1 Å². The van der Waals surface area contributed by atoms with Crippen molar-refractivity contribution in [2.24, 2.45) is 5.41 Å². The fourth-order valence-electron chi connectivity index (χ4n) is 5.15. The number of amides is 2. The fraction of sp³-hybridized carbons (Fsp3) is 0.696. The predicted molar refractivity (Wildman–Crippen MR) is 112 cm³/mol. The Morgan fingerprint density at radius 2 is 1.79 bits per heavy atom. The summed E-state index contributed by atoms with van der Waals surface area (Å²) in [6.07, 6.45) is 4.34. The van der Waals surface area contributed by atoms with Crippen LogP contribution >= 0.6 is 0 Å². The van der Waals surface area contributed by atoms with Crippen molar-refractivity contribution >= 4 is 6.03 Å². The van der Waals surface area contributed by atoms with Gasteiger partial charge in [0.2, 0.25) is 0 Å². The topological polar surface area (TPSA) is 53.0 Å². The molecule has 2 aliphatic heterocycles. The van der Waals surface area contributed by atoms with E-state index in [4.69, 9.17) is 4.74 Å². The summed E-state index contributed by atoms with van der Waals surface area (Å²) in [7, 11) is 1.59. The van der Waals surface area contributed by atoms with Gasteiger partial charge in [-0.1, -0.05) is 20.8 Å². The Bertz CT molecular complexity index is 740. The minimum absolute atomic E-state index is 0.111. The Hall–Kier alpha value is -1.91. The molecule has 2 fully saturated rings. The predicted octanol–water partition coefficient (Wildman–Crippen LogP) is 4.69. The number of carbonyl (C=O) groups is 1. The molecule has 5 heteroatoms. The lowest BCUT2D eigenvalue weighted by molar-refractivity contribution is -0.00617. The van der Waals surface area contributed by atoms with Crippen LogP contribution in [0.5, 0.6) is 11.5 Å². The van der Waals surface area contributed by atoms with Crippen molar-refractivity contribution in [1.29, 1.82) is 0 Å². The molecule has 0 aromatic heterocycles. The molecule has 0 saturated carbocycles. The molecular weight excluding hydrogens is 352 g/mol. The van der Waals surface area contributed by atoms with Crippen molar-refractivity contribution in [2.75, 3.05) is 26.7 Å². The average molecular weight is 389 g/mol. The molecule has 2 unspecified atom stereocenters. The van der Waals surface area contributed by atoms with Crippen molar-refractivity contribution in [3.05, 3.63) is 23.3 Å². The number of hydrogen-bond donors (Lipinski definition) is 1. The molecule has 2 atom stereocenters. The van der Waals surface area contributed by atoms with Crippen molar-refractivity contribution in [3.8, 4) is 11.5 Å². The first-order valence-corrected chi connectivity index (χ1v) is 10.6. The van der Waals surface area contributed by atoms with E-state index >= 15 is 0 Å². The number of hydrogen-bond acceptors (Lipinski definition) is 3. The van der Waals surface area contributed by atoms with E-state index in [-0.39, 0.29) is 28.7 Å². The van der Waals surface area contributed by atoms with E-state index in [9.17, 15) is 9.90 Å². The number of carbonyl (C=O) groups excluding carboxylic acids is 1. The lowest BCUT2D eigenvalue weighted by atomic mass is 9.55. The maximum absolute atomic E-state index is 13.2. The highest BCUT2D eigenvalue weighted by Gasteiger charge is 2.53. The Morgan fingerprint density at radius 3 is 2.39 bits per heavy atom. The number of urea groups is 1. The maximum atomic E-state index is 13.2. The second kappa shape index (κ2) is 7.49. The Morgan fingerprint density at radius 1 is 1.14 bits per heavy atom. The molecule has 2 amide bonds. The van der Waals surface area contributed by atoms with Gasteiger partial charge in [-0.15, -0.1) is 0 Å². The van der Waals surface area contributed by atoms with Crippen LogP contribution < -0.4 is 4.74 Å². The molecule has 0 aliphatic carbocycles. The van der Waals surface area contributed by atoms with Crippen LogP contribution in [0.3, 0.4) is 0 Å². The van der Waals surface area contributed by atoms with Crippen LogP contribution in [0.1, 0.15) is 64.5 Å². The van der Waals surface area contributed by atoms with E-state index in [1.807, 2.05) is 17.9 Å². The van der Waals surface area contributed by atoms with Crippen LogP contribution in [-0.4, -0.2) is 53.7 Å². The molecule has 1 aromatic rings. The minimum atomic E-state index is -0.135. The Kier molecular flexibility index (Phi) is 5.57. The summed E-state index contributed by atoms with van der Waals surface area (Å²) >= 11 is 0. The van der Waals surface area contributed by atoms with Gasteiger partial charge in [0.05, 0.1) is 7.11 Å². The largest absolute Gasteiger partial charge is 0.504 e. The van der Waals surface area contributed by atoms with E-state index in [0.717, 1.165) is 44.5 Å². The zero-order valence-corrected chi connectivity index (χ0v) is 18.3. The van der Waals surface area contributed by atoms with Crippen LogP contribution in [0, 0.1) is 12.3 Å². The summed E-state index contributed by atoms with van der Waals surface area (Å²) < 4.78 is 5.39. The summed E-state index contributed by atoms with van der Waals surface area (Å²) in [5.41, 5.74) is 2.00. The lowest BCUT2D eigenvalue weighted by Gasteiger charge is -2.57. The SMILES string of the molecule is COc1cc(C2(C)CCN(C(=O)N3CCCCC3)C(C)C2(C)C)c(C)cc1O. The molecule has 0 bridgehead atoms. The van der Waals surface area contributed by atoms with Gasteiger partial charge in [0, 0.05) is 31.1 Å². The van der Waals surface area contributed by atoms with E-state index < -0.39 is 0 Å². The average Bonchev–Trinajstić information content (AvgIpc) is 2.67. The first-order valence-electron chi connectivity index (χ1n) is 10.6. The molecule has 2 heterocycles. The van der Waals surface area contributed by atoms with E-state index in [1.165, 1.54) is 12.0 Å². The number of nitrogens with zero attached hydrogens (tertiary/aromatic N) is 2. The lowest BCUT2D eigenvalue weighted by Crippen LogP contribution is -2.63. The van der Waals surface area contributed by atoms with Crippen molar-refractivity contribution in [3.63, 3.8) is 0 Å². The van der Waals surface area contributed by atoms with E-state index in [1.54, 1.807) is 13.2 Å². The molecule has 0 spiro atoms. The van der Waals surface area contributed by atoms with Gasteiger partial charge in [0.25, 0.3) is 0 Å². The van der Waals surface area contributed by atoms with Crippen molar-refractivity contribution < 1.29 is 14.6 Å². The smallest absolute Gasteiger partial charge is 0.320 e. The standard InChI is InChI=1S/C23H36N2O3/c1-16-14-19(26)20(28-6)15-18(16)23(5)10-13-25(17(2)22(23,3)4)21(27)24-11-8-7-9-12-24/h14-15,17,26H,7-13H2,1-6H3. The van der Waals surface area contributed by atoms with Gasteiger partial charge in [-0.25, -0.2) is 4.79 Å². The van der Waals surface area contributed by atoms with Gasteiger partial charge in [-0.2, -0.15) is 0 Å². The van der Waals surface area contributed by atoms with Gasteiger partial charge < -0.3 is 19.6 Å². The normalized spacial score (nSPS) is 27.6. The molecule has 3 rings (SSSR count). The van der Waals surface area contributed by atoms with Crippen LogP contribution in [0.2, 0.25) is 0 Å². The monoisotopic (exact) mass is 388 g/mol. The molecule has 5 nitrogen and oxygen atoms in total. The maximum Gasteiger partial charge on any atom is 0.320 e. The molecule has 1 aromatic carbocycles. The first kappa shape index (κ1) is 20.8.